The van der Waals surface area contributed by atoms with Crippen molar-refractivity contribution < 1.29 is 32.1 Å². The van der Waals surface area contributed by atoms with E-state index in [4.69, 9.17) is 9.47 Å². The molecule has 0 fully saturated rings. The number of H-pyrrole nitrogens is 1. The Bertz CT molecular complexity index is 1030. The summed E-state index contributed by atoms with van der Waals surface area (Å²) in [4.78, 5) is 11.6. The molecular formula is C17H14F3N3O4S. The van der Waals surface area contributed by atoms with Crippen molar-refractivity contribution in [1.29, 1.82) is 0 Å². The Balaban J connectivity index is 1.58. The van der Waals surface area contributed by atoms with Crippen molar-refractivity contribution in [3.8, 4) is 23.0 Å². The maximum Gasteiger partial charge on any atom is 0.468 e. The summed E-state index contributed by atoms with van der Waals surface area (Å²) in [6.07, 6.45) is -5.32. The lowest BCUT2D eigenvalue weighted by Gasteiger charge is -2.28. The highest BCUT2D eigenvalue weighted by Crippen LogP contribution is 2.42. The molecule has 0 aliphatic carbocycles. The van der Waals surface area contributed by atoms with Gasteiger partial charge in [-0.1, -0.05) is 11.8 Å². The third-order valence-electron chi connectivity index (χ3n) is 3.98. The normalized spacial score (nSPS) is 17.5. The van der Waals surface area contributed by atoms with Crippen LogP contribution in [0.1, 0.15) is 5.69 Å². The molecule has 0 amide bonds. The van der Waals surface area contributed by atoms with Crippen molar-refractivity contribution in [2.45, 2.75) is 23.4 Å². The Morgan fingerprint density at radius 3 is 2.82 bits per heavy atom. The zero-order valence-electron chi connectivity index (χ0n) is 14.7. The molecule has 1 unspecified atom stereocenters. The van der Waals surface area contributed by atoms with Gasteiger partial charge in [-0.05, 0) is 0 Å². The van der Waals surface area contributed by atoms with E-state index in [9.17, 15) is 13.2 Å². The third-order valence-corrected chi connectivity index (χ3v) is 4.86. The Hall–Kier alpha value is -2.82. The van der Waals surface area contributed by atoms with E-state index in [1.165, 1.54) is 38.1 Å². The monoisotopic (exact) mass is 413 g/mol. The first-order valence-corrected chi connectivity index (χ1v) is 9.00. The van der Waals surface area contributed by atoms with Gasteiger partial charge in [-0.2, -0.15) is 13.2 Å². The van der Waals surface area contributed by atoms with Gasteiger partial charge in [-0.3, -0.25) is 4.98 Å². The second-order valence-electron chi connectivity index (χ2n) is 5.74. The molecule has 28 heavy (non-hydrogen) atoms. The van der Waals surface area contributed by atoms with E-state index in [0.29, 0.717) is 39.1 Å². The Morgan fingerprint density at radius 1 is 1.25 bits per heavy atom. The van der Waals surface area contributed by atoms with Crippen LogP contribution in [0.3, 0.4) is 0 Å². The number of thioether (sulfide) groups is 1. The molecule has 2 aromatic heterocycles. The van der Waals surface area contributed by atoms with Crippen LogP contribution in [0.2, 0.25) is 0 Å². The molecule has 0 bridgehead atoms. The number of nitrogens with zero attached hydrogens (tertiary/aromatic N) is 2. The Labute approximate surface area is 161 Å². The molecule has 1 aromatic carbocycles. The van der Waals surface area contributed by atoms with E-state index in [1.807, 2.05) is 0 Å². The summed E-state index contributed by atoms with van der Waals surface area (Å²) in [5.41, 5.74) is 1.52. The highest BCUT2D eigenvalue weighted by atomic mass is 32.2. The Kier molecular flexibility index (Phi) is 4.61. The van der Waals surface area contributed by atoms with Crippen molar-refractivity contribution in [1.82, 2.24) is 15.0 Å². The molecular weight excluding hydrogens is 399 g/mol. The van der Waals surface area contributed by atoms with Crippen LogP contribution in [0.4, 0.5) is 13.2 Å². The quantitative estimate of drug-likeness (QED) is 0.635. The first-order chi connectivity index (χ1) is 13.4. The lowest BCUT2D eigenvalue weighted by atomic mass is 10.2. The summed E-state index contributed by atoms with van der Waals surface area (Å²) in [7, 11) is 3.05. The number of hydrogen-bond acceptors (Lipinski definition) is 7. The number of benzene rings is 1. The van der Waals surface area contributed by atoms with E-state index in [2.05, 4.69) is 24.4 Å². The van der Waals surface area contributed by atoms with E-state index in [-0.39, 0.29) is 11.5 Å². The maximum atomic E-state index is 13.3. The molecule has 7 nitrogen and oxygen atoms in total. The molecule has 148 valence electrons. The first kappa shape index (κ1) is 18.5. The lowest BCUT2D eigenvalue weighted by molar-refractivity contribution is -0.281. The molecule has 0 saturated heterocycles. The zero-order valence-corrected chi connectivity index (χ0v) is 15.5. The predicted molar refractivity (Wildman–Crippen MR) is 94.1 cm³/mol. The minimum absolute atomic E-state index is 0.134. The van der Waals surface area contributed by atoms with Crippen molar-refractivity contribution >= 4 is 22.8 Å². The minimum atomic E-state index is -4.05. The topological polar surface area (TPSA) is 78.5 Å². The summed E-state index contributed by atoms with van der Waals surface area (Å²) in [6, 6.07) is 4.33. The van der Waals surface area contributed by atoms with Gasteiger partial charge in [0, 0.05) is 30.1 Å². The van der Waals surface area contributed by atoms with Crippen molar-refractivity contribution in [3.63, 3.8) is 0 Å². The fourth-order valence-electron chi connectivity index (χ4n) is 2.70. The minimum Gasteiger partial charge on any atom is -0.493 e. The second-order valence-corrected chi connectivity index (χ2v) is 6.70. The predicted octanol–water partition coefficient (Wildman–Crippen LogP) is 3.93. The van der Waals surface area contributed by atoms with Crippen LogP contribution in [-0.4, -0.2) is 41.6 Å². The van der Waals surface area contributed by atoms with Gasteiger partial charge in [0.05, 0.1) is 30.9 Å². The molecule has 11 heteroatoms. The van der Waals surface area contributed by atoms with Crippen molar-refractivity contribution in [3.05, 3.63) is 30.1 Å². The average Bonchev–Trinajstić information content (AvgIpc) is 3.06. The fraction of sp³-hybridized carbons (Fsp3) is 0.294. The van der Waals surface area contributed by atoms with E-state index >= 15 is 0 Å². The molecule has 1 aliphatic heterocycles. The van der Waals surface area contributed by atoms with E-state index < -0.39 is 12.5 Å². The highest BCUT2D eigenvalue weighted by molar-refractivity contribution is 7.98. The van der Waals surface area contributed by atoms with Gasteiger partial charge in [0.15, 0.2) is 28.2 Å². The number of aromatic nitrogens is 3. The molecule has 0 spiro atoms. The van der Waals surface area contributed by atoms with Gasteiger partial charge in [-0.15, -0.1) is 0 Å². The highest BCUT2D eigenvalue weighted by Gasteiger charge is 2.49. The number of rotatable bonds is 5. The van der Waals surface area contributed by atoms with Gasteiger partial charge in [0.25, 0.3) is 0 Å². The first-order valence-electron chi connectivity index (χ1n) is 8.01. The lowest BCUT2D eigenvalue weighted by Crippen LogP contribution is -2.43. The Morgan fingerprint density at radius 2 is 2.07 bits per heavy atom. The van der Waals surface area contributed by atoms with Gasteiger partial charge in [0.1, 0.15) is 0 Å². The molecule has 3 heterocycles. The number of fused-ring (bicyclic) bond motifs is 2. The number of alkyl halides is 3. The average molecular weight is 413 g/mol. The van der Waals surface area contributed by atoms with Crippen LogP contribution in [0.15, 0.2) is 29.6 Å². The standard InChI is InChI=1S/C17H14F3N3O4S/c1-24-11-3-4-21-10(14(11)25-2)7-28-16-22-8-5-12-13(6-9(8)23-16)27-17(19,20)15(18)26-12/h3-6,15H,7H2,1-2H3,(H,22,23). The van der Waals surface area contributed by atoms with Gasteiger partial charge in [0.2, 0.25) is 0 Å². The SMILES string of the molecule is COc1ccnc(CSc2nc3cc4c(cc3[nH]2)OC(F)(F)C(F)O4)c1OC. The summed E-state index contributed by atoms with van der Waals surface area (Å²) in [5.74, 6) is 1.09. The number of imidazole rings is 1. The molecule has 1 aliphatic rings. The number of aromatic amines is 1. The van der Waals surface area contributed by atoms with Crippen LogP contribution in [0.25, 0.3) is 11.0 Å². The summed E-state index contributed by atoms with van der Waals surface area (Å²) in [5, 5.41) is 0.507. The largest absolute Gasteiger partial charge is 0.493 e. The summed E-state index contributed by atoms with van der Waals surface area (Å²) >= 11 is 1.32. The summed E-state index contributed by atoms with van der Waals surface area (Å²) in [6.45, 7) is 0. The molecule has 4 rings (SSSR count). The van der Waals surface area contributed by atoms with Crippen LogP contribution in [-0.2, 0) is 5.75 Å². The number of halogens is 3. The third kappa shape index (κ3) is 3.26. The van der Waals surface area contributed by atoms with Crippen LogP contribution < -0.4 is 18.9 Å². The molecule has 0 radical (unpaired) electrons. The zero-order chi connectivity index (χ0) is 19.9. The number of methoxy groups -OCH3 is 2. The number of ether oxygens (including phenoxy) is 4. The summed E-state index contributed by atoms with van der Waals surface area (Å²) < 4.78 is 59.6. The van der Waals surface area contributed by atoms with E-state index in [1.54, 1.807) is 12.3 Å². The van der Waals surface area contributed by atoms with Gasteiger partial charge in [-0.25, -0.2) is 4.98 Å². The molecule has 1 N–H and O–H groups in total. The fourth-order valence-corrected chi connectivity index (χ4v) is 3.52. The van der Waals surface area contributed by atoms with Crippen molar-refractivity contribution in [2.24, 2.45) is 0 Å². The number of nitrogens with one attached hydrogen (secondary N) is 1. The van der Waals surface area contributed by atoms with E-state index in [0.717, 1.165) is 0 Å². The van der Waals surface area contributed by atoms with Gasteiger partial charge >= 0.3 is 12.5 Å². The second kappa shape index (κ2) is 6.97. The van der Waals surface area contributed by atoms with Crippen LogP contribution in [0.5, 0.6) is 23.0 Å². The molecule has 0 saturated carbocycles. The molecule has 1 atom stereocenters. The smallest absolute Gasteiger partial charge is 0.468 e. The maximum absolute atomic E-state index is 13.3. The van der Waals surface area contributed by atoms with Crippen molar-refractivity contribution in [2.75, 3.05) is 14.2 Å². The van der Waals surface area contributed by atoms with Crippen LogP contribution >= 0.6 is 11.8 Å². The number of hydrogen-bond donors (Lipinski definition) is 1. The molecule has 3 aromatic rings. The van der Waals surface area contributed by atoms with Crippen LogP contribution in [0, 0.1) is 0 Å². The van der Waals surface area contributed by atoms with Gasteiger partial charge < -0.3 is 23.9 Å². The number of pyridine rings is 1.